The minimum absolute atomic E-state index is 0.0218. The van der Waals surface area contributed by atoms with Gasteiger partial charge in [0.1, 0.15) is 5.25 Å². The van der Waals surface area contributed by atoms with E-state index in [1.54, 1.807) is 4.90 Å². The third-order valence-corrected chi connectivity index (χ3v) is 7.30. The zero-order valence-corrected chi connectivity index (χ0v) is 17.0. The summed E-state index contributed by atoms with van der Waals surface area (Å²) in [6, 6.07) is 9.24. The van der Waals surface area contributed by atoms with Crippen LogP contribution < -0.4 is 10.9 Å². The Morgan fingerprint density at radius 3 is 2.15 bits per heavy atom. The molecule has 1 aliphatic heterocycles. The van der Waals surface area contributed by atoms with Crippen molar-refractivity contribution in [2.45, 2.75) is 57.6 Å². The third kappa shape index (κ3) is 4.62. The third-order valence-electron chi connectivity index (χ3n) is 4.80. The van der Waals surface area contributed by atoms with Crippen molar-refractivity contribution in [2.24, 2.45) is 0 Å². The van der Waals surface area contributed by atoms with Crippen molar-refractivity contribution in [1.82, 2.24) is 20.1 Å². The summed E-state index contributed by atoms with van der Waals surface area (Å²) in [7, 11) is -2.13. The van der Waals surface area contributed by atoms with Crippen molar-refractivity contribution in [3.63, 3.8) is 0 Å². The van der Waals surface area contributed by atoms with Crippen LogP contribution in [0.1, 0.15) is 33.3 Å². The maximum atomic E-state index is 12.9. The Labute approximate surface area is 156 Å². The molecule has 1 heterocycles. The van der Waals surface area contributed by atoms with Gasteiger partial charge in [0.15, 0.2) is 0 Å². The number of nitrogens with one attached hydrogen (secondary N) is 2. The number of amides is 1. The van der Waals surface area contributed by atoms with E-state index in [9.17, 15) is 13.2 Å². The van der Waals surface area contributed by atoms with Crippen molar-refractivity contribution >= 4 is 15.9 Å². The Kier molecular flexibility index (Phi) is 6.79. The number of hydrogen-bond donors (Lipinski definition) is 2. The molecular formula is C18H30N4O3S. The lowest BCUT2D eigenvalue weighted by molar-refractivity contribution is -0.133. The quantitative estimate of drug-likeness (QED) is 0.733. The molecule has 7 nitrogen and oxygen atoms in total. The van der Waals surface area contributed by atoms with Gasteiger partial charge in [-0.2, -0.15) is 4.31 Å². The van der Waals surface area contributed by atoms with Gasteiger partial charge < -0.3 is 4.90 Å². The highest BCUT2D eigenvalue weighted by Gasteiger charge is 2.43. The van der Waals surface area contributed by atoms with Gasteiger partial charge >= 0.3 is 0 Å². The average Bonchev–Trinajstić information content (AvgIpc) is 2.92. The van der Waals surface area contributed by atoms with Crippen LogP contribution in [-0.2, 0) is 21.4 Å². The normalized spacial score (nSPS) is 23.6. The lowest BCUT2D eigenvalue weighted by Crippen LogP contribution is -2.49. The molecule has 1 saturated heterocycles. The Bertz CT molecular complexity index is 698. The second-order valence-electron chi connectivity index (χ2n) is 7.23. The highest BCUT2D eigenvalue weighted by molar-refractivity contribution is 7.89. The molecule has 0 radical (unpaired) electrons. The average molecular weight is 383 g/mol. The fourth-order valence-corrected chi connectivity index (χ4v) is 5.17. The Balaban J connectivity index is 2.10. The summed E-state index contributed by atoms with van der Waals surface area (Å²) >= 11 is 0. The standard InChI is InChI=1S/C18H30N4O3S/c1-13(2)22(11-16-9-7-6-8-10-16)17(23)12-21(5)26(24,25)18-14(3)19-20-15(18)4/h6-10,13-15,18-20H,11-12H2,1-5H3. The minimum Gasteiger partial charge on any atom is -0.335 e. The SMILES string of the molecule is CC1NNC(C)C1S(=O)(=O)N(C)CC(=O)N(Cc1ccccc1)C(C)C. The van der Waals surface area contributed by atoms with Crippen LogP contribution in [0.5, 0.6) is 0 Å². The lowest BCUT2D eigenvalue weighted by Gasteiger charge is -2.30. The van der Waals surface area contributed by atoms with Gasteiger partial charge in [0.2, 0.25) is 15.9 Å². The van der Waals surface area contributed by atoms with Crippen LogP contribution in [0.3, 0.4) is 0 Å². The summed E-state index contributed by atoms with van der Waals surface area (Å²) in [5.41, 5.74) is 6.93. The molecule has 0 spiro atoms. The maximum Gasteiger partial charge on any atom is 0.238 e. The first-order chi connectivity index (χ1) is 12.1. The van der Waals surface area contributed by atoms with Gasteiger partial charge in [0.25, 0.3) is 0 Å². The molecule has 1 aromatic carbocycles. The van der Waals surface area contributed by atoms with Crippen LogP contribution in [0.25, 0.3) is 0 Å². The number of carbonyl (C=O) groups excluding carboxylic acids is 1. The van der Waals surface area contributed by atoms with E-state index in [-0.39, 0.29) is 30.6 Å². The maximum absolute atomic E-state index is 12.9. The first-order valence-electron chi connectivity index (χ1n) is 8.94. The first-order valence-corrected chi connectivity index (χ1v) is 10.4. The largest absolute Gasteiger partial charge is 0.335 e. The van der Waals surface area contributed by atoms with Gasteiger partial charge in [-0.25, -0.2) is 8.42 Å². The predicted molar refractivity (Wildman–Crippen MR) is 103 cm³/mol. The fourth-order valence-electron chi connectivity index (χ4n) is 3.29. The molecule has 146 valence electrons. The number of carbonyl (C=O) groups is 1. The second kappa shape index (κ2) is 8.47. The van der Waals surface area contributed by atoms with Gasteiger partial charge in [-0.15, -0.1) is 0 Å². The number of benzene rings is 1. The molecule has 2 N–H and O–H groups in total. The number of likely N-dealkylation sites (N-methyl/N-ethyl adjacent to an activating group) is 1. The van der Waals surface area contributed by atoms with Crippen molar-refractivity contribution in [1.29, 1.82) is 0 Å². The molecule has 0 aromatic heterocycles. The smallest absolute Gasteiger partial charge is 0.238 e. The number of hydrazine groups is 1. The molecule has 0 saturated carbocycles. The van der Waals surface area contributed by atoms with Crippen LogP contribution >= 0.6 is 0 Å². The Morgan fingerprint density at radius 1 is 1.12 bits per heavy atom. The lowest BCUT2D eigenvalue weighted by atomic mass is 10.2. The Morgan fingerprint density at radius 2 is 1.65 bits per heavy atom. The van der Waals surface area contributed by atoms with Crippen LogP contribution in [0.2, 0.25) is 0 Å². The van der Waals surface area contributed by atoms with E-state index in [4.69, 9.17) is 0 Å². The summed E-state index contributed by atoms with van der Waals surface area (Å²) in [6.45, 7) is 7.82. The van der Waals surface area contributed by atoms with Crippen LogP contribution in [0.4, 0.5) is 0 Å². The minimum atomic E-state index is -3.60. The highest BCUT2D eigenvalue weighted by Crippen LogP contribution is 2.19. The molecule has 1 amide bonds. The van der Waals surface area contributed by atoms with Crippen LogP contribution in [0, 0.1) is 0 Å². The first kappa shape index (κ1) is 20.8. The van der Waals surface area contributed by atoms with Crippen molar-refractivity contribution in [3.8, 4) is 0 Å². The number of sulfonamides is 1. The van der Waals surface area contributed by atoms with Crippen molar-refractivity contribution < 1.29 is 13.2 Å². The molecule has 1 aliphatic rings. The van der Waals surface area contributed by atoms with Crippen LogP contribution in [-0.4, -0.2) is 60.5 Å². The summed E-state index contributed by atoms with van der Waals surface area (Å²) in [4.78, 5) is 14.5. The highest BCUT2D eigenvalue weighted by atomic mass is 32.2. The second-order valence-corrected chi connectivity index (χ2v) is 9.43. The molecule has 1 aromatic rings. The fraction of sp³-hybridized carbons (Fsp3) is 0.611. The number of hydrogen-bond acceptors (Lipinski definition) is 5. The van der Waals surface area contributed by atoms with Gasteiger partial charge in [0.05, 0.1) is 6.54 Å². The van der Waals surface area contributed by atoms with E-state index in [2.05, 4.69) is 10.9 Å². The summed E-state index contributed by atoms with van der Waals surface area (Å²) in [6.07, 6.45) is 0. The van der Waals surface area contributed by atoms with Crippen molar-refractivity contribution in [2.75, 3.05) is 13.6 Å². The van der Waals surface area contributed by atoms with Crippen molar-refractivity contribution in [3.05, 3.63) is 35.9 Å². The molecule has 8 heteroatoms. The molecule has 26 heavy (non-hydrogen) atoms. The van der Waals surface area contributed by atoms with E-state index in [0.717, 1.165) is 5.56 Å². The number of rotatable bonds is 7. The molecule has 2 rings (SSSR count). The van der Waals surface area contributed by atoms with Gasteiger partial charge in [-0.3, -0.25) is 15.6 Å². The Hall–Kier alpha value is -1.48. The molecule has 0 aliphatic carbocycles. The van der Waals surface area contributed by atoms with E-state index in [1.165, 1.54) is 11.4 Å². The summed E-state index contributed by atoms with van der Waals surface area (Å²) < 4.78 is 27.0. The number of nitrogens with zero attached hydrogens (tertiary/aromatic N) is 2. The predicted octanol–water partition coefficient (Wildman–Crippen LogP) is 0.939. The molecular weight excluding hydrogens is 352 g/mol. The topological polar surface area (TPSA) is 81.7 Å². The zero-order chi connectivity index (χ0) is 19.5. The van der Waals surface area contributed by atoms with E-state index in [1.807, 2.05) is 58.0 Å². The summed E-state index contributed by atoms with van der Waals surface area (Å²) in [5.74, 6) is -0.200. The van der Waals surface area contributed by atoms with Crippen LogP contribution in [0.15, 0.2) is 30.3 Å². The molecule has 2 unspecified atom stereocenters. The van der Waals surface area contributed by atoms with E-state index < -0.39 is 15.3 Å². The van der Waals surface area contributed by atoms with E-state index in [0.29, 0.717) is 6.54 Å². The monoisotopic (exact) mass is 382 g/mol. The molecule has 2 atom stereocenters. The summed E-state index contributed by atoms with van der Waals surface area (Å²) in [5, 5.41) is -0.609. The van der Waals surface area contributed by atoms with Gasteiger partial charge in [-0.05, 0) is 33.3 Å². The zero-order valence-electron chi connectivity index (χ0n) is 16.1. The van der Waals surface area contributed by atoms with Gasteiger partial charge in [-0.1, -0.05) is 30.3 Å². The molecule has 1 fully saturated rings. The molecule has 0 bridgehead atoms. The van der Waals surface area contributed by atoms with Gasteiger partial charge in [0, 0.05) is 31.7 Å². The van der Waals surface area contributed by atoms with E-state index >= 15 is 0 Å².